The number of alkyl halides is 3. The van der Waals surface area contributed by atoms with E-state index in [4.69, 9.17) is 4.74 Å². The van der Waals surface area contributed by atoms with Gasteiger partial charge in [-0.25, -0.2) is 0 Å². The first-order valence-corrected chi connectivity index (χ1v) is 7.72. The van der Waals surface area contributed by atoms with E-state index in [2.05, 4.69) is 20.1 Å². The third kappa shape index (κ3) is 4.60. The van der Waals surface area contributed by atoms with Gasteiger partial charge < -0.3 is 8.92 Å². The predicted molar refractivity (Wildman–Crippen MR) is 70.1 cm³/mol. The van der Waals surface area contributed by atoms with E-state index in [1.807, 2.05) is 0 Å². The summed E-state index contributed by atoms with van der Waals surface area (Å²) >= 11 is 2.92. The number of hydrogen-bond donors (Lipinski definition) is 0. The molecule has 0 bridgehead atoms. The summed E-state index contributed by atoms with van der Waals surface area (Å²) in [5.74, 6) is -1.16. The van der Waals surface area contributed by atoms with Crippen LogP contribution >= 0.6 is 15.9 Å². The summed E-state index contributed by atoms with van der Waals surface area (Å²) in [5.41, 5.74) is -5.30. The predicted octanol–water partition coefficient (Wildman–Crippen LogP) is 2.78. The van der Waals surface area contributed by atoms with Crippen molar-refractivity contribution >= 4 is 32.0 Å². The van der Waals surface area contributed by atoms with Gasteiger partial charge in [-0.2, -0.15) is 21.6 Å². The van der Waals surface area contributed by atoms with E-state index in [1.54, 1.807) is 6.92 Å². The van der Waals surface area contributed by atoms with Gasteiger partial charge in [-0.05, 0) is 34.5 Å². The number of hydrogen-bond acceptors (Lipinski definition) is 5. The van der Waals surface area contributed by atoms with E-state index in [0.29, 0.717) is 0 Å². The molecule has 0 fully saturated rings. The average Bonchev–Trinajstić information content (AvgIpc) is 2.33. The van der Waals surface area contributed by atoms with E-state index in [-0.39, 0.29) is 23.1 Å². The molecule has 0 heterocycles. The molecule has 0 spiro atoms. The molecule has 21 heavy (non-hydrogen) atoms. The quantitative estimate of drug-likeness (QED) is 0.439. The lowest BCUT2D eigenvalue weighted by Gasteiger charge is -2.12. The summed E-state index contributed by atoms with van der Waals surface area (Å²) in [7, 11) is -5.77. The first-order valence-electron chi connectivity index (χ1n) is 5.52. The fourth-order valence-electron chi connectivity index (χ4n) is 1.29. The number of carbonyl (C=O) groups excluding carboxylic acids is 1. The lowest BCUT2D eigenvalue weighted by atomic mass is 10.1. The molecule has 5 nitrogen and oxygen atoms in total. The van der Waals surface area contributed by atoms with Gasteiger partial charge in [0.25, 0.3) is 0 Å². The Kier molecular flexibility index (Phi) is 5.62. The second-order valence-electron chi connectivity index (χ2n) is 3.69. The molecule has 1 aromatic rings. The van der Waals surface area contributed by atoms with Crippen LogP contribution in [0.1, 0.15) is 12.5 Å². The van der Waals surface area contributed by atoms with Crippen LogP contribution in [0.5, 0.6) is 5.75 Å². The monoisotopic (exact) mass is 390 g/mol. The lowest BCUT2D eigenvalue weighted by Crippen LogP contribution is -2.28. The van der Waals surface area contributed by atoms with Gasteiger partial charge in [-0.1, -0.05) is 12.1 Å². The van der Waals surface area contributed by atoms with Crippen LogP contribution < -0.4 is 4.18 Å². The van der Waals surface area contributed by atoms with Crippen LogP contribution in [0.3, 0.4) is 0 Å². The maximum absolute atomic E-state index is 12.3. The topological polar surface area (TPSA) is 69.7 Å². The van der Waals surface area contributed by atoms with Crippen LogP contribution in [0.2, 0.25) is 0 Å². The van der Waals surface area contributed by atoms with Crippen molar-refractivity contribution in [2.45, 2.75) is 18.9 Å². The van der Waals surface area contributed by atoms with Gasteiger partial charge >= 0.3 is 21.6 Å². The van der Waals surface area contributed by atoms with Gasteiger partial charge in [0.2, 0.25) is 0 Å². The zero-order chi connectivity index (χ0) is 16.3. The van der Waals surface area contributed by atoms with Gasteiger partial charge in [-0.15, -0.1) is 0 Å². The third-order valence-electron chi connectivity index (χ3n) is 2.17. The number of ether oxygens (including phenoxy) is 1. The third-order valence-corrected chi connectivity index (χ3v) is 4.03. The highest BCUT2D eigenvalue weighted by molar-refractivity contribution is 9.10. The summed E-state index contributed by atoms with van der Waals surface area (Å²) in [6, 6.07) is 3.72. The van der Waals surface area contributed by atoms with Crippen LogP contribution in [0.4, 0.5) is 13.2 Å². The molecule has 118 valence electrons. The van der Waals surface area contributed by atoms with Crippen LogP contribution in [0, 0.1) is 0 Å². The number of benzene rings is 1. The maximum Gasteiger partial charge on any atom is 0.534 e. The molecule has 0 amide bonds. The second-order valence-corrected chi connectivity index (χ2v) is 6.03. The summed E-state index contributed by atoms with van der Waals surface area (Å²) in [6.07, 6.45) is -0.238. The fourth-order valence-corrected chi connectivity index (χ4v) is 2.35. The fraction of sp³-hybridized carbons (Fsp3) is 0.364. The minimum Gasteiger partial charge on any atom is -0.466 e. The smallest absolute Gasteiger partial charge is 0.466 e. The van der Waals surface area contributed by atoms with Crippen molar-refractivity contribution < 1.29 is 35.3 Å². The van der Waals surface area contributed by atoms with E-state index < -0.39 is 27.3 Å². The molecule has 0 saturated carbocycles. The van der Waals surface area contributed by atoms with Gasteiger partial charge in [0.15, 0.2) is 5.75 Å². The first-order chi connectivity index (χ1) is 9.58. The van der Waals surface area contributed by atoms with Gasteiger partial charge in [0.05, 0.1) is 17.5 Å². The molecule has 0 unspecified atom stereocenters. The Morgan fingerprint density at radius 3 is 2.48 bits per heavy atom. The SMILES string of the molecule is CCOC(=O)Cc1cccc(OS(=O)(=O)C(F)(F)F)c1Br. The van der Waals surface area contributed by atoms with E-state index in [9.17, 15) is 26.4 Å². The molecular weight excluding hydrogens is 381 g/mol. The highest BCUT2D eigenvalue weighted by atomic mass is 79.9. The number of halogens is 4. The molecule has 0 aliphatic heterocycles. The van der Waals surface area contributed by atoms with E-state index >= 15 is 0 Å². The lowest BCUT2D eigenvalue weighted by molar-refractivity contribution is -0.142. The first kappa shape index (κ1) is 17.8. The van der Waals surface area contributed by atoms with Crippen LogP contribution in [0.15, 0.2) is 22.7 Å². The van der Waals surface area contributed by atoms with Crippen molar-refractivity contribution in [1.82, 2.24) is 0 Å². The largest absolute Gasteiger partial charge is 0.534 e. The number of rotatable bonds is 5. The maximum atomic E-state index is 12.3. The van der Waals surface area contributed by atoms with Crippen molar-refractivity contribution in [3.63, 3.8) is 0 Å². The van der Waals surface area contributed by atoms with Crippen molar-refractivity contribution in [1.29, 1.82) is 0 Å². The molecule has 0 N–H and O–H groups in total. The molecule has 1 aromatic carbocycles. The van der Waals surface area contributed by atoms with Crippen molar-refractivity contribution in [3.05, 3.63) is 28.2 Å². The Balaban J connectivity index is 3.04. The van der Waals surface area contributed by atoms with E-state index in [1.165, 1.54) is 12.1 Å². The minimum atomic E-state index is -5.77. The molecule has 0 atom stereocenters. The molecule has 0 aromatic heterocycles. The molecule has 10 heteroatoms. The Hall–Kier alpha value is -1.29. The summed E-state index contributed by atoms with van der Waals surface area (Å²) in [5, 5.41) is 0. The highest BCUT2D eigenvalue weighted by Gasteiger charge is 2.48. The molecule has 0 aliphatic rings. The molecule has 1 rings (SSSR count). The van der Waals surface area contributed by atoms with Crippen LogP contribution in [0.25, 0.3) is 0 Å². The number of esters is 1. The van der Waals surface area contributed by atoms with Gasteiger partial charge in [0, 0.05) is 0 Å². The Labute approximate surface area is 127 Å². The zero-order valence-corrected chi connectivity index (χ0v) is 13.0. The van der Waals surface area contributed by atoms with E-state index in [0.717, 1.165) is 6.07 Å². The molecule has 0 aliphatic carbocycles. The zero-order valence-electron chi connectivity index (χ0n) is 10.6. The van der Waals surface area contributed by atoms with Gasteiger partial charge in [-0.3, -0.25) is 4.79 Å². The van der Waals surface area contributed by atoms with Crippen molar-refractivity contribution in [2.24, 2.45) is 0 Å². The van der Waals surface area contributed by atoms with Crippen molar-refractivity contribution in [2.75, 3.05) is 6.61 Å². The van der Waals surface area contributed by atoms with Gasteiger partial charge in [0.1, 0.15) is 0 Å². The number of carbonyl (C=O) groups is 1. The minimum absolute atomic E-state index is 0.0640. The highest BCUT2D eigenvalue weighted by Crippen LogP contribution is 2.33. The standard InChI is InChI=1S/C11H10BrF3O5S/c1-2-19-9(16)6-7-4-3-5-8(10(7)12)20-21(17,18)11(13,14)15/h3-5H,2,6H2,1H3. The van der Waals surface area contributed by atoms with Crippen molar-refractivity contribution in [3.8, 4) is 5.75 Å². The van der Waals surface area contributed by atoms with Crippen LogP contribution in [-0.2, 0) is 26.1 Å². The Morgan fingerprint density at radius 2 is 1.95 bits per heavy atom. The second kappa shape index (κ2) is 6.65. The molecule has 0 saturated heterocycles. The summed E-state index contributed by atoms with van der Waals surface area (Å²) < 4.78 is 67.3. The van der Waals surface area contributed by atoms with Crippen LogP contribution in [-0.4, -0.2) is 26.5 Å². The summed E-state index contributed by atoms with van der Waals surface area (Å²) in [6.45, 7) is 1.75. The molecule has 0 radical (unpaired) electrons. The average molecular weight is 391 g/mol. The Morgan fingerprint density at radius 1 is 1.33 bits per heavy atom. The summed E-state index contributed by atoms with van der Waals surface area (Å²) in [4.78, 5) is 11.3. The Bertz CT molecular complexity index is 627. The molecular formula is C11H10BrF3O5S. The normalized spacial score (nSPS) is 12.0.